The molecule has 0 atom stereocenters. The number of benzene rings is 1. The zero-order chi connectivity index (χ0) is 12.9. The van der Waals surface area contributed by atoms with E-state index in [0.29, 0.717) is 18.5 Å². The van der Waals surface area contributed by atoms with Crippen LogP contribution in [0.1, 0.15) is 25.8 Å². The molecule has 0 heterocycles. The van der Waals surface area contributed by atoms with Crippen molar-refractivity contribution in [3.8, 4) is 6.07 Å². The normalized spacial score (nSPS) is 10.6. The first-order valence-electron chi connectivity index (χ1n) is 5.43. The SMILES string of the molecule is CC(C)(CCNc1cccc(C#N)c1)C(=O)O. The summed E-state index contributed by atoms with van der Waals surface area (Å²) in [6.45, 7) is 3.96. The van der Waals surface area contributed by atoms with Gasteiger partial charge in [-0.15, -0.1) is 0 Å². The second-order valence-corrected chi connectivity index (χ2v) is 4.56. The van der Waals surface area contributed by atoms with Crippen molar-refractivity contribution in [2.24, 2.45) is 5.41 Å². The number of nitrogens with zero attached hydrogens (tertiary/aromatic N) is 1. The van der Waals surface area contributed by atoms with E-state index in [4.69, 9.17) is 10.4 Å². The summed E-state index contributed by atoms with van der Waals surface area (Å²) in [5.41, 5.74) is 0.692. The number of carboxylic acids is 1. The highest BCUT2D eigenvalue weighted by atomic mass is 16.4. The van der Waals surface area contributed by atoms with E-state index in [-0.39, 0.29) is 0 Å². The molecule has 4 heteroatoms. The Hall–Kier alpha value is -2.02. The minimum atomic E-state index is -0.801. The molecule has 0 unspecified atom stereocenters. The first-order valence-corrected chi connectivity index (χ1v) is 5.43. The lowest BCUT2D eigenvalue weighted by Gasteiger charge is -2.19. The molecule has 1 aromatic carbocycles. The van der Waals surface area contributed by atoms with Crippen molar-refractivity contribution in [3.63, 3.8) is 0 Å². The number of nitriles is 1. The summed E-state index contributed by atoms with van der Waals surface area (Å²) >= 11 is 0. The van der Waals surface area contributed by atoms with E-state index in [1.807, 2.05) is 6.07 Å². The molecule has 2 N–H and O–H groups in total. The molecule has 90 valence electrons. The standard InChI is InChI=1S/C13H16N2O2/c1-13(2,12(16)17)6-7-15-11-5-3-4-10(8-11)9-14/h3-5,8,15H,6-7H2,1-2H3,(H,16,17). The van der Waals surface area contributed by atoms with Gasteiger partial charge in [0.2, 0.25) is 0 Å². The number of hydrogen-bond donors (Lipinski definition) is 2. The number of carbonyl (C=O) groups is 1. The third-order valence-electron chi connectivity index (χ3n) is 2.65. The van der Waals surface area contributed by atoms with Gasteiger partial charge in [-0.3, -0.25) is 4.79 Å². The lowest BCUT2D eigenvalue weighted by atomic mass is 9.90. The number of carboxylic acid groups (broad SMARTS) is 1. The van der Waals surface area contributed by atoms with Gasteiger partial charge >= 0.3 is 5.97 Å². The zero-order valence-electron chi connectivity index (χ0n) is 10.0. The van der Waals surface area contributed by atoms with Crippen LogP contribution < -0.4 is 5.32 Å². The van der Waals surface area contributed by atoms with Crippen LogP contribution in [0.15, 0.2) is 24.3 Å². The van der Waals surface area contributed by atoms with Crippen molar-refractivity contribution >= 4 is 11.7 Å². The Morgan fingerprint density at radius 3 is 2.82 bits per heavy atom. The van der Waals surface area contributed by atoms with Crippen molar-refractivity contribution in [1.29, 1.82) is 5.26 Å². The molecule has 0 fully saturated rings. The first kappa shape index (κ1) is 13.0. The quantitative estimate of drug-likeness (QED) is 0.817. The van der Waals surface area contributed by atoms with Crippen molar-refractivity contribution in [3.05, 3.63) is 29.8 Å². The molecule has 0 bridgehead atoms. The van der Waals surface area contributed by atoms with Gasteiger partial charge in [-0.1, -0.05) is 6.07 Å². The summed E-state index contributed by atoms with van der Waals surface area (Å²) in [6.07, 6.45) is 0.527. The fraction of sp³-hybridized carbons (Fsp3) is 0.385. The Morgan fingerprint density at radius 1 is 1.53 bits per heavy atom. The van der Waals surface area contributed by atoms with Crippen molar-refractivity contribution < 1.29 is 9.90 Å². The van der Waals surface area contributed by atoms with E-state index in [1.54, 1.807) is 32.0 Å². The number of hydrogen-bond acceptors (Lipinski definition) is 3. The van der Waals surface area contributed by atoms with Gasteiger partial charge in [0.05, 0.1) is 17.0 Å². The molecular weight excluding hydrogens is 216 g/mol. The minimum absolute atomic E-state index is 0.527. The Morgan fingerprint density at radius 2 is 2.24 bits per heavy atom. The zero-order valence-corrected chi connectivity index (χ0v) is 10.0. The fourth-order valence-corrected chi connectivity index (χ4v) is 1.32. The second-order valence-electron chi connectivity index (χ2n) is 4.56. The summed E-state index contributed by atoms with van der Waals surface area (Å²) in [7, 11) is 0. The van der Waals surface area contributed by atoms with Gasteiger partial charge in [-0.25, -0.2) is 0 Å². The molecule has 0 radical (unpaired) electrons. The van der Waals surface area contributed by atoms with Crippen LogP contribution >= 0.6 is 0 Å². The van der Waals surface area contributed by atoms with Gasteiger partial charge < -0.3 is 10.4 Å². The van der Waals surface area contributed by atoms with Gasteiger partial charge in [0, 0.05) is 12.2 Å². The molecular formula is C13H16N2O2. The number of anilines is 1. The van der Waals surface area contributed by atoms with Gasteiger partial charge in [0.1, 0.15) is 0 Å². The second kappa shape index (κ2) is 5.35. The average Bonchev–Trinajstić information content (AvgIpc) is 2.29. The summed E-state index contributed by atoms with van der Waals surface area (Å²) in [5, 5.41) is 20.8. The molecule has 0 saturated heterocycles. The molecule has 0 aliphatic heterocycles. The topological polar surface area (TPSA) is 73.1 Å². The predicted molar refractivity (Wildman–Crippen MR) is 65.7 cm³/mol. The monoisotopic (exact) mass is 232 g/mol. The maximum atomic E-state index is 10.9. The smallest absolute Gasteiger partial charge is 0.309 e. The lowest BCUT2D eigenvalue weighted by Crippen LogP contribution is -2.26. The predicted octanol–water partition coefficient (Wildman–Crippen LogP) is 2.47. The number of aliphatic carboxylic acids is 1. The first-order chi connectivity index (χ1) is 7.95. The van der Waals surface area contributed by atoms with Gasteiger partial charge in [-0.2, -0.15) is 5.26 Å². The van der Waals surface area contributed by atoms with Crippen LogP contribution in [0.3, 0.4) is 0 Å². The van der Waals surface area contributed by atoms with Gasteiger partial charge in [0.25, 0.3) is 0 Å². The Bertz CT molecular complexity index is 447. The summed E-state index contributed by atoms with van der Waals surface area (Å²) < 4.78 is 0. The van der Waals surface area contributed by atoms with E-state index in [2.05, 4.69) is 11.4 Å². The van der Waals surface area contributed by atoms with Crippen molar-refractivity contribution in [2.45, 2.75) is 20.3 Å². The molecule has 0 aliphatic rings. The van der Waals surface area contributed by atoms with Crippen molar-refractivity contribution in [1.82, 2.24) is 0 Å². The highest BCUT2D eigenvalue weighted by molar-refractivity contribution is 5.73. The van der Waals surface area contributed by atoms with E-state index < -0.39 is 11.4 Å². The van der Waals surface area contributed by atoms with E-state index in [0.717, 1.165) is 5.69 Å². The minimum Gasteiger partial charge on any atom is -0.481 e. The maximum absolute atomic E-state index is 10.9. The maximum Gasteiger partial charge on any atom is 0.309 e. The van der Waals surface area contributed by atoms with E-state index in [1.165, 1.54) is 0 Å². The Kier molecular flexibility index (Phi) is 4.11. The number of rotatable bonds is 5. The molecule has 0 aromatic heterocycles. The average molecular weight is 232 g/mol. The number of nitrogens with one attached hydrogen (secondary N) is 1. The lowest BCUT2D eigenvalue weighted by molar-refractivity contribution is -0.147. The summed E-state index contributed by atoms with van der Waals surface area (Å²) in [5.74, 6) is -0.801. The molecule has 1 aromatic rings. The third kappa shape index (κ3) is 3.80. The van der Waals surface area contributed by atoms with Crippen LogP contribution in [-0.4, -0.2) is 17.6 Å². The third-order valence-corrected chi connectivity index (χ3v) is 2.65. The molecule has 0 spiro atoms. The van der Waals surface area contributed by atoms with Gasteiger partial charge in [0.15, 0.2) is 0 Å². The van der Waals surface area contributed by atoms with Crippen LogP contribution in [0.25, 0.3) is 0 Å². The Labute approximate surface area is 101 Å². The van der Waals surface area contributed by atoms with E-state index in [9.17, 15) is 4.79 Å². The molecule has 0 amide bonds. The molecule has 17 heavy (non-hydrogen) atoms. The Balaban J connectivity index is 2.52. The molecule has 4 nitrogen and oxygen atoms in total. The van der Waals surface area contributed by atoms with Crippen LogP contribution in [0.2, 0.25) is 0 Å². The van der Waals surface area contributed by atoms with Crippen LogP contribution in [-0.2, 0) is 4.79 Å². The van der Waals surface area contributed by atoms with E-state index >= 15 is 0 Å². The van der Waals surface area contributed by atoms with Crippen molar-refractivity contribution in [2.75, 3.05) is 11.9 Å². The highest BCUT2D eigenvalue weighted by Crippen LogP contribution is 2.20. The summed E-state index contributed by atoms with van der Waals surface area (Å²) in [6, 6.07) is 9.18. The molecule has 1 rings (SSSR count). The largest absolute Gasteiger partial charge is 0.481 e. The van der Waals surface area contributed by atoms with Crippen LogP contribution in [0, 0.1) is 16.7 Å². The molecule has 0 saturated carbocycles. The van der Waals surface area contributed by atoms with Crippen LogP contribution in [0.4, 0.5) is 5.69 Å². The summed E-state index contributed by atoms with van der Waals surface area (Å²) in [4.78, 5) is 10.9. The van der Waals surface area contributed by atoms with Crippen LogP contribution in [0.5, 0.6) is 0 Å². The van der Waals surface area contributed by atoms with Gasteiger partial charge in [-0.05, 0) is 38.5 Å². The molecule has 0 aliphatic carbocycles. The fourth-order valence-electron chi connectivity index (χ4n) is 1.32. The highest BCUT2D eigenvalue weighted by Gasteiger charge is 2.26.